The van der Waals surface area contributed by atoms with E-state index in [1.54, 1.807) is 0 Å². The van der Waals surface area contributed by atoms with Gasteiger partial charge in [0.15, 0.2) is 18.0 Å². The molecule has 0 aromatic carbocycles. The first-order valence-corrected chi connectivity index (χ1v) is 4.45. The molecule has 0 aliphatic carbocycles. The van der Waals surface area contributed by atoms with Gasteiger partial charge in [-0.3, -0.25) is 0 Å². The van der Waals surface area contributed by atoms with Gasteiger partial charge in [-0.1, -0.05) is 0 Å². The van der Waals surface area contributed by atoms with Crippen LogP contribution in [0.1, 0.15) is 0 Å². The number of ether oxygens (including phenoxy) is 1. The lowest BCUT2D eigenvalue weighted by atomic mass is 10.3. The molecule has 18 heavy (non-hydrogen) atoms. The molecule has 0 aliphatic rings. The number of hydrogen-bond acceptors (Lipinski definition) is 4. The van der Waals surface area contributed by atoms with Crippen LogP contribution in [0, 0.1) is 0 Å². The van der Waals surface area contributed by atoms with Crippen molar-refractivity contribution >= 4 is 5.97 Å². The highest BCUT2D eigenvalue weighted by atomic mass is 19.3. The Bertz CT molecular complexity index is 401. The Morgan fingerprint density at radius 1 is 1.22 bits per heavy atom. The summed E-state index contributed by atoms with van der Waals surface area (Å²) in [5.41, 5.74) is 12.9. The molecule has 0 spiro atoms. The van der Waals surface area contributed by atoms with Crippen LogP contribution in [-0.4, -0.2) is 36.5 Å². The van der Waals surface area contributed by atoms with Crippen molar-refractivity contribution in [3.8, 4) is 0 Å². The van der Waals surface area contributed by atoms with E-state index < -0.39 is 42.9 Å². The van der Waals surface area contributed by atoms with Crippen LogP contribution in [0.25, 0.3) is 0 Å². The third-order valence-corrected chi connectivity index (χ3v) is 1.54. The fourth-order valence-corrected chi connectivity index (χ4v) is 0.638. The zero-order valence-electron chi connectivity index (χ0n) is 8.87. The summed E-state index contributed by atoms with van der Waals surface area (Å²) in [5, 5.41) is 8.30. The van der Waals surface area contributed by atoms with Gasteiger partial charge in [-0.2, -0.15) is 0 Å². The van der Waals surface area contributed by atoms with Gasteiger partial charge in [0.2, 0.25) is 5.88 Å². The number of aliphatic carboxylic acids is 1. The molecule has 0 fully saturated rings. The molecular weight excluding hydrogens is 260 g/mol. The normalized spacial score (nSPS) is 13.2. The number of rotatable bonds is 6. The molecule has 0 aromatic rings. The van der Waals surface area contributed by atoms with Crippen molar-refractivity contribution in [1.29, 1.82) is 0 Å². The molecule has 0 saturated heterocycles. The van der Waals surface area contributed by atoms with E-state index in [0.717, 1.165) is 0 Å². The smallest absolute Gasteiger partial charge is 0.360 e. The van der Waals surface area contributed by atoms with Gasteiger partial charge in [-0.25, -0.2) is 22.4 Å². The Morgan fingerprint density at radius 2 is 1.78 bits per heavy atom. The van der Waals surface area contributed by atoms with Crippen LogP contribution in [0.15, 0.2) is 23.0 Å². The van der Waals surface area contributed by atoms with Crippen LogP contribution < -0.4 is 11.5 Å². The summed E-state index contributed by atoms with van der Waals surface area (Å²) in [7, 11) is 0. The SMILES string of the molecule is NC(=C=C=C(N)C(=O)O)OCC(F)C(F)C(F)F. The number of carbonyl (C=O) groups is 1. The van der Waals surface area contributed by atoms with Gasteiger partial charge in [0.05, 0.1) is 0 Å². The number of nitrogens with two attached hydrogens (primary N) is 2. The summed E-state index contributed by atoms with van der Waals surface area (Å²) in [4.78, 5) is 10.2. The fraction of sp³-hybridized carbons (Fsp3) is 0.444. The quantitative estimate of drug-likeness (QED) is 0.281. The Balaban J connectivity index is 4.52. The zero-order chi connectivity index (χ0) is 14.3. The van der Waals surface area contributed by atoms with Crippen LogP contribution in [0.2, 0.25) is 0 Å². The van der Waals surface area contributed by atoms with Crippen molar-refractivity contribution in [1.82, 2.24) is 0 Å². The number of alkyl halides is 4. The second kappa shape index (κ2) is 7.26. The number of halogens is 4. The summed E-state index contributed by atoms with van der Waals surface area (Å²) >= 11 is 0. The minimum Gasteiger partial charge on any atom is -0.476 e. The molecule has 0 heterocycles. The molecular formula is C9H10F4N2O3. The highest BCUT2D eigenvalue weighted by Crippen LogP contribution is 2.13. The Labute approximate surface area is 99.0 Å². The number of carboxylic acid groups (broad SMARTS) is 1. The maximum atomic E-state index is 12.7. The lowest BCUT2D eigenvalue weighted by Gasteiger charge is -2.12. The monoisotopic (exact) mass is 270 g/mol. The lowest BCUT2D eigenvalue weighted by Crippen LogP contribution is -2.29. The second-order valence-electron chi connectivity index (χ2n) is 2.94. The molecule has 2 unspecified atom stereocenters. The van der Waals surface area contributed by atoms with Crippen LogP contribution in [-0.2, 0) is 9.53 Å². The Hall–Kier alpha value is -2.11. The molecule has 9 heteroatoms. The topological polar surface area (TPSA) is 98.6 Å². The summed E-state index contributed by atoms with van der Waals surface area (Å²) in [6.45, 7) is -1.07. The first-order valence-electron chi connectivity index (χ1n) is 4.45. The number of carboxylic acids is 1. The lowest BCUT2D eigenvalue weighted by molar-refractivity contribution is -0.132. The maximum Gasteiger partial charge on any atom is 0.360 e. The van der Waals surface area contributed by atoms with Gasteiger partial charge in [0, 0.05) is 0 Å². The average Bonchev–Trinajstić information content (AvgIpc) is 2.31. The molecule has 0 aliphatic heterocycles. The molecule has 0 saturated carbocycles. The Morgan fingerprint density at radius 3 is 2.22 bits per heavy atom. The van der Waals surface area contributed by atoms with E-state index in [9.17, 15) is 22.4 Å². The summed E-state index contributed by atoms with van der Waals surface area (Å²) in [6.07, 6.45) is -9.06. The van der Waals surface area contributed by atoms with E-state index in [1.807, 2.05) is 11.5 Å². The first kappa shape index (κ1) is 15.9. The minimum absolute atomic E-state index is 0.664. The third kappa shape index (κ3) is 5.83. The molecule has 0 bridgehead atoms. The largest absolute Gasteiger partial charge is 0.476 e. The van der Waals surface area contributed by atoms with Crippen molar-refractivity contribution in [3.63, 3.8) is 0 Å². The van der Waals surface area contributed by atoms with E-state index in [0.29, 0.717) is 0 Å². The maximum absolute atomic E-state index is 12.7. The second-order valence-corrected chi connectivity index (χ2v) is 2.94. The fourth-order valence-electron chi connectivity index (χ4n) is 0.638. The summed E-state index contributed by atoms with van der Waals surface area (Å²) in [5.74, 6) is -2.16. The number of hydrogen-bond donors (Lipinski definition) is 3. The standard InChI is InChI=1S/C9H10F4N2O3/c10-4(7(11)8(12)13)3-18-6(15)2-1-5(14)9(16)17/h4,7-8H,3,14-15H2,(H,16,17). The molecule has 5 N–H and O–H groups in total. The predicted molar refractivity (Wildman–Crippen MR) is 51.8 cm³/mol. The van der Waals surface area contributed by atoms with Crippen LogP contribution >= 0.6 is 0 Å². The van der Waals surface area contributed by atoms with E-state index >= 15 is 0 Å². The van der Waals surface area contributed by atoms with Gasteiger partial charge in [-0.05, 0) is 11.5 Å². The average molecular weight is 270 g/mol. The van der Waals surface area contributed by atoms with Gasteiger partial charge >= 0.3 is 5.97 Å². The molecule has 102 valence electrons. The van der Waals surface area contributed by atoms with Gasteiger partial charge < -0.3 is 21.3 Å². The van der Waals surface area contributed by atoms with Crippen molar-refractivity contribution in [2.45, 2.75) is 18.8 Å². The first-order chi connectivity index (χ1) is 8.25. The molecule has 2 atom stereocenters. The third-order valence-electron chi connectivity index (χ3n) is 1.54. The highest BCUT2D eigenvalue weighted by molar-refractivity contribution is 5.84. The summed E-state index contributed by atoms with van der Waals surface area (Å²) in [6, 6.07) is 0. The van der Waals surface area contributed by atoms with Crippen LogP contribution in [0.5, 0.6) is 0 Å². The van der Waals surface area contributed by atoms with Crippen molar-refractivity contribution in [2.24, 2.45) is 11.5 Å². The van der Waals surface area contributed by atoms with Gasteiger partial charge in [0.25, 0.3) is 6.43 Å². The van der Waals surface area contributed by atoms with Crippen LogP contribution in [0.4, 0.5) is 17.6 Å². The molecule has 0 aromatic heterocycles. The molecule has 5 nitrogen and oxygen atoms in total. The van der Waals surface area contributed by atoms with Crippen molar-refractivity contribution in [2.75, 3.05) is 6.61 Å². The van der Waals surface area contributed by atoms with E-state index in [-0.39, 0.29) is 0 Å². The van der Waals surface area contributed by atoms with Crippen molar-refractivity contribution < 1.29 is 32.2 Å². The van der Waals surface area contributed by atoms with Gasteiger partial charge in [-0.15, -0.1) is 0 Å². The molecule has 0 amide bonds. The van der Waals surface area contributed by atoms with E-state index in [2.05, 4.69) is 4.74 Å². The van der Waals surface area contributed by atoms with E-state index in [4.69, 9.17) is 16.6 Å². The Kier molecular flexibility index (Phi) is 6.41. The van der Waals surface area contributed by atoms with Crippen molar-refractivity contribution in [3.05, 3.63) is 23.0 Å². The highest BCUT2D eigenvalue weighted by Gasteiger charge is 2.30. The van der Waals surface area contributed by atoms with E-state index in [1.165, 1.54) is 0 Å². The predicted octanol–water partition coefficient (Wildman–Crippen LogP) is 0.426. The van der Waals surface area contributed by atoms with Crippen LogP contribution in [0.3, 0.4) is 0 Å². The minimum atomic E-state index is -3.48. The summed E-state index contributed by atoms with van der Waals surface area (Å²) < 4.78 is 52.9. The van der Waals surface area contributed by atoms with Gasteiger partial charge in [0.1, 0.15) is 6.61 Å². The molecule has 0 radical (unpaired) electrons. The molecule has 0 rings (SSSR count). The zero-order valence-corrected chi connectivity index (χ0v) is 8.87.